The maximum atomic E-state index is 5.74. The first-order valence-electron chi connectivity index (χ1n) is 7.54. The predicted molar refractivity (Wildman–Crippen MR) is 76.9 cm³/mol. The molecule has 1 aromatic rings. The Morgan fingerprint density at radius 2 is 1.75 bits per heavy atom. The number of likely N-dealkylation sites (tertiary alicyclic amines) is 1. The highest BCUT2D eigenvalue weighted by molar-refractivity contribution is 5.20. The summed E-state index contributed by atoms with van der Waals surface area (Å²) >= 11 is 0. The van der Waals surface area contributed by atoms with Crippen LogP contribution >= 0.6 is 0 Å². The Balaban J connectivity index is 1.32. The summed E-state index contributed by atoms with van der Waals surface area (Å²) in [6, 6.07) is 10.0. The average molecular weight is 277 g/mol. The number of hydrogen-bond acceptors (Lipinski definition) is 4. The van der Waals surface area contributed by atoms with Crippen molar-refractivity contribution in [2.75, 3.05) is 39.5 Å². The van der Waals surface area contributed by atoms with E-state index in [2.05, 4.69) is 4.90 Å². The van der Waals surface area contributed by atoms with Gasteiger partial charge in [-0.25, -0.2) is 0 Å². The van der Waals surface area contributed by atoms with Gasteiger partial charge in [0.1, 0.15) is 5.75 Å². The fourth-order valence-electron chi connectivity index (χ4n) is 2.90. The molecule has 0 saturated carbocycles. The minimum Gasteiger partial charge on any atom is -0.494 e. The van der Waals surface area contributed by atoms with E-state index in [4.69, 9.17) is 14.2 Å². The molecule has 2 aliphatic rings. The zero-order valence-corrected chi connectivity index (χ0v) is 11.9. The quantitative estimate of drug-likeness (QED) is 0.773. The molecular weight excluding hydrogens is 254 g/mol. The molecule has 0 unspecified atom stereocenters. The van der Waals surface area contributed by atoms with Crippen molar-refractivity contribution < 1.29 is 14.2 Å². The van der Waals surface area contributed by atoms with Crippen molar-refractivity contribution in [3.63, 3.8) is 0 Å². The lowest BCUT2D eigenvalue weighted by Crippen LogP contribution is -2.45. The van der Waals surface area contributed by atoms with E-state index < -0.39 is 0 Å². The van der Waals surface area contributed by atoms with Crippen molar-refractivity contribution in [3.8, 4) is 5.75 Å². The molecule has 2 fully saturated rings. The van der Waals surface area contributed by atoms with Crippen molar-refractivity contribution >= 4 is 0 Å². The Hall–Kier alpha value is -1.10. The molecule has 4 heteroatoms. The molecule has 0 aliphatic carbocycles. The molecular formula is C16H23NO3. The van der Waals surface area contributed by atoms with Crippen molar-refractivity contribution in [1.29, 1.82) is 0 Å². The number of nitrogens with zero attached hydrogens (tertiary/aromatic N) is 1. The molecule has 2 heterocycles. The van der Waals surface area contributed by atoms with E-state index >= 15 is 0 Å². The molecule has 1 spiro atoms. The largest absolute Gasteiger partial charge is 0.494 e. The normalized spacial score (nSPS) is 22.2. The molecule has 3 rings (SSSR count). The van der Waals surface area contributed by atoms with Crippen molar-refractivity contribution in [1.82, 2.24) is 4.90 Å². The van der Waals surface area contributed by atoms with Crippen LogP contribution in [0.1, 0.15) is 19.3 Å². The second kappa shape index (κ2) is 6.57. The fraction of sp³-hybridized carbons (Fsp3) is 0.625. The van der Waals surface area contributed by atoms with E-state index in [1.54, 1.807) is 0 Å². The third kappa shape index (κ3) is 3.51. The molecule has 0 amide bonds. The second-order valence-electron chi connectivity index (χ2n) is 5.46. The van der Waals surface area contributed by atoms with Gasteiger partial charge in [0.2, 0.25) is 0 Å². The van der Waals surface area contributed by atoms with E-state index in [0.29, 0.717) is 0 Å². The van der Waals surface area contributed by atoms with E-state index in [1.165, 1.54) is 0 Å². The van der Waals surface area contributed by atoms with Crippen LogP contribution in [0.15, 0.2) is 30.3 Å². The SMILES string of the molecule is c1ccc(OCCCN2CCC3(CC2)OCCO3)cc1. The van der Waals surface area contributed by atoms with Crippen LogP contribution in [0.25, 0.3) is 0 Å². The third-order valence-electron chi connectivity index (χ3n) is 4.06. The van der Waals surface area contributed by atoms with Gasteiger partial charge in [0.25, 0.3) is 0 Å². The van der Waals surface area contributed by atoms with Gasteiger partial charge in [0, 0.05) is 32.5 Å². The van der Waals surface area contributed by atoms with Crippen molar-refractivity contribution in [2.24, 2.45) is 0 Å². The summed E-state index contributed by atoms with van der Waals surface area (Å²) in [5, 5.41) is 0. The summed E-state index contributed by atoms with van der Waals surface area (Å²) in [6.07, 6.45) is 3.04. The lowest BCUT2D eigenvalue weighted by molar-refractivity contribution is -0.185. The average Bonchev–Trinajstić information content (AvgIpc) is 2.95. The first kappa shape index (κ1) is 13.9. The number of benzene rings is 1. The van der Waals surface area contributed by atoms with Crippen LogP contribution in [0.4, 0.5) is 0 Å². The van der Waals surface area contributed by atoms with Gasteiger partial charge in [-0.15, -0.1) is 0 Å². The van der Waals surface area contributed by atoms with Gasteiger partial charge in [-0.3, -0.25) is 0 Å². The molecule has 110 valence electrons. The van der Waals surface area contributed by atoms with Gasteiger partial charge >= 0.3 is 0 Å². The number of rotatable bonds is 5. The summed E-state index contributed by atoms with van der Waals surface area (Å²) in [4.78, 5) is 2.48. The third-order valence-corrected chi connectivity index (χ3v) is 4.06. The molecule has 2 aliphatic heterocycles. The summed E-state index contributed by atoms with van der Waals surface area (Å²) in [7, 11) is 0. The summed E-state index contributed by atoms with van der Waals surface area (Å²) < 4.78 is 17.2. The zero-order chi connectivity index (χ0) is 13.7. The van der Waals surface area contributed by atoms with Crippen molar-refractivity contribution in [3.05, 3.63) is 30.3 Å². The summed E-state index contributed by atoms with van der Waals surface area (Å²) in [5.41, 5.74) is 0. The first-order valence-corrected chi connectivity index (χ1v) is 7.54. The molecule has 2 saturated heterocycles. The second-order valence-corrected chi connectivity index (χ2v) is 5.46. The molecule has 4 nitrogen and oxygen atoms in total. The lowest BCUT2D eigenvalue weighted by Gasteiger charge is -2.37. The minimum absolute atomic E-state index is 0.253. The van der Waals surface area contributed by atoms with Gasteiger partial charge in [-0.2, -0.15) is 0 Å². The Labute approximate surface area is 120 Å². The molecule has 0 radical (unpaired) electrons. The Morgan fingerprint density at radius 1 is 1.05 bits per heavy atom. The maximum absolute atomic E-state index is 5.74. The molecule has 0 N–H and O–H groups in total. The topological polar surface area (TPSA) is 30.9 Å². The van der Waals surface area contributed by atoms with Gasteiger partial charge in [-0.1, -0.05) is 18.2 Å². The smallest absolute Gasteiger partial charge is 0.170 e. The van der Waals surface area contributed by atoms with Crippen LogP contribution in [-0.2, 0) is 9.47 Å². The fourth-order valence-corrected chi connectivity index (χ4v) is 2.90. The van der Waals surface area contributed by atoms with Gasteiger partial charge in [0.15, 0.2) is 5.79 Å². The van der Waals surface area contributed by atoms with Gasteiger partial charge < -0.3 is 19.1 Å². The number of ether oxygens (including phenoxy) is 3. The predicted octanol–water partition coefficient (Wildman–Crippen LogP) is 2.29. The monoisotopic (exact) mass is 277 g/mol. The Bertz CT molecular complexity index is 393. The minimum atomic E-state index is -0.253. The highest BCUT2D eigenvalue weighted by Crippen LogP contribution is 2.31. The van der Waals surface area contributed by atoms with Crippen LogP contribution in [0, 0.1) is 0 Å². The van der Waals surface area contributed by atoms with Crippen LogP contribution < -0.4 is 4.74 Å². The van der Waals surface area contributed by atoms with Crippen LogP contribution in [0.5, 0.6) is 5.75 Å². The van der Waals surface area contributed by atoms with Crippen LogP contribution in [-0.4, -0.2) is 50.1 Å². The highest BCUT2D eigenvalue weighted by atomic mass is 16.7. The van der Waals surface area contributed by atoms with Gasteiger partial charge in [0.05, 0.1) is 19.8 Å². The number of para-hydroxylation sites is 1. The summed E-state index contributed by atoms with van der Waals surface area (Å²) in [6.45, 7) is 5.49. The highest BCUT2D eigenvalue weighted by Gasteiger charge is 2.39. The first-order chi connectivity index (χ1) is 9.86. The van der Waals surface area contributed by atoms with E-state index in [-0.39, 0.29) is 5.79 Å². The Kier molecular flexibility index (Phi) is 4.55. The van der Waals surface area contributed by atoms with E-state index in [0.717, 1.165) is 64.5 Å². The van der Waals surface area contributed by atoms with Gasteiger partial charge in [-0.05, 0) is 18.6 Å². The number of piperidine rings is 1. The van der Waals surface area contributed by atoms with Crippen LogP contribution in [0.3, 0.4) is 0 Å². The number of hydrogen-bond donors (Lipinski definition) is 0. The zero-order valence-electron chi connectivity index (χ0n) is 11.9. The molecule has 0 bridgehead atoms. The standard InChI is InChI=1S/C16H23NO3/c1-2-5-15(6-3-1)18-12-4-9-17-10-7-16(8-11-17)19-13-14-20-16/h1-3,5-6H,4,7-14H2. The summed E-state index contributed by atoms with van der Waals surface area (Å²) in [5.74, 6) is 0.703. The van der Waals surface area contributed by atoms with Crippen molar-refractivity contribution in [2.45, 2.75) is 25.0 Å². The van der Waals surface area contributed by atoms with E-state index in [9.17, 15) is 0 Å². The molecule has 1 aromatic carbocycles. The molecule has 0 aromatic heterocycles. The molecule has 20 heavy (non-hydrogen) atoms. The van der Waals surface area contributed by atoms with E-state index in [1.807, 2.05) is 30.3 Å². The van der Waals surface area contributed by atoms with Crippen LogP contribution in [0.2, 0.25) is 0 Å². The molecule has 0 atom stereocenters. The maximum Gasteiger partial charge on any atom is 0.170 e. The Morgan fingerprint density at radius 3 is 2.45 bits per heavy atom. The lowest BCUT2D eigenvalue weighted by atomic mass is 10.0.